The van der Waals surface area contributed by atoms with Crippen molar-refractivity contribution in [3.63, 3.8) is 0 Å². The van der Waals surface area contributed by atoms with Gasteiger partial charge >= 0.3 is 0 Å². The number of hydrogen-bond acceptors (Lipinski definition) is 3. The van der Waals surface area contributed by atoms with Crippen molar-refractivity contribution in [1.82, 2.24) is 5.32 Å². The molecule has 0 saturated heterocycles. The van der Waals surface area contributed by atoms with Crippen LogP contribution in [0.2, 0.25) is 0 Å². The Bertz CT molecular complexity index is 781. The standard InChI is InChI=1S/C29H43NO3/c1-22(13-17-25(31)18-16-23-9-5-4-6-10-23)26-19-20-28(32)27(26)11-7-2-3-8-12-29(33)30-21-24-14-15-24/h4-6,9-10,22,24-25,31H,2-3,7-8,11-21H2,1H3,(H,30,33)/t22-,25+/m0/s1. The molecule has 182 valence electrons. The third-order valence-electron chi connectivity index (χ3n) is 7.35. The van der Waals surface area contributed by atoms with E-state index in [0.29, 0.717) is 24.5 Å². The largest absolute Gasteiger partial charge is 0.393 e. The van der Waals surface area contributed by atoms with Crippen LogP contribution < -0.4 is 5.32 Å². The Balaban J connectivity index is 1.31. The molecule has 2 aliphatic rings. The summed E-state index contributed by atoms with van der Waals surface area (Å²) in [6.45, 7) is 3.08. The van der Waals surface area contributed by atoms with Crippen LogP contribution in [0, 0.1) is 11.8 Å². The molecule has 1 saturated carbocycles. The van der Waals surface area contributed by atoms with Crippen LogP contribution in [0.3, 0.4) is 0 Å². The number of aliphatic hydroxyl groups excluding tert-OH is 1. The summed E-state index contributed by atoms with van der Waals surface area (Å²) in [6.07, 6.45) is 12.8. The Labute approximate surface area is 200 Å². The zero-order chi connectivity index (χ0) is 23.5. The molecule has 0 spiro atoms. The normalized spacial score (nSPS) is 17.9. The number of aryl methyl sites for hydroxylation is 1. The second-order valence-corrected chi connectivity index (χ2v) is 10.2. The quantitative estimate of drug-likeness (QED) is 0.305. The summed E-state index contributed by atoms with van der Waals surface area (Å²) in [5.41, 5.74) is 3.69. The van der Waals surface area contributed by atoms with E-state index in [0.717, 1.165) is 82.2 Å². The highest BCUT2D eigenvalue weighted by Crippen LogP contribution is 2.34. The van der Waals surface area contributed by atoms with Gasteiger partial charge in [-0.2, -0.15) is 0 Å². The molecule has 3 rings (SSSR count). The number of carbonyl (C=O) groups is 2. The van der Waals surface area contributed by atoms with Crippen LogP contribution >= 0.6 is 0 Å². The second kappa shape index (κ2) is 13.7. The zero-order valence-corrected chi connectivity index (χ0v) is 20.5. The van der Waals surface area contributed by atoms with Gasteiger partial charge in [-0.1, -0.05) is 55.7 Å². The Morgan fingerprint density at radius 2 is 1.76 bits per heavy atom. The second-order valence-electron chi connectivity index (χ2n) is 10.2. The summed E-state index contributed by atoms with van der Waals surface area (Å²) in [7, 11) is 0. The number of aliphatic hydroxyl groups is 1. The maximum Gasteiger partial charge on any atom is 0.220 e. The summed E-state index contributed by atoms with van der Waals surface area (Å²) < 4.78 is 0. The highest BCUT2D eigenvalue weighted by Gasteiger charge is 2.26. The lowest BCUT2D eigenvalue weighted by Crippen LogP contribution is -2.25. The Morgan fingerprint density at radius 3 is 2.52 bits per heavy atom. The first-order valence-corrected chi connectivity index (χ1v) is 13.3. The summed E-state index contributed by atoms with van der Waals surface area (Å²) in [5.74, 6) is 1.63. The molecule has 0 aliphatic heterocycles. The molecule has 2 N–H and O–H groups in total. The van der Waals surface area contributed by atoms with Crippen LogP contribution in [0.4, 0.5) is 0 Å². The number of unbranched alkanes of at least 4 members (excludes halogenated alkanes) is 3. The van der Waals surface area contributed by atoms with Crippen molar-refractivity contribution in [1.29, 1.82) is 0 Å². The monoisotopic (exact) mass is 453 g/mol. The van der Waals surface area contributed by atoms with E-state index in [9.17, 15) is 14.7 Å². The van der Waals surface area contributed by atoms with Gasteiger partial charge < -0.3 is 10.4 Å². The molecule has 0 heterocycles. The maximum atomic E-state index is 12.5. The molecule has 4 heteroatoms. The molecule has 1 fully saturated rings. The van der Waals surface area contributed by atoms with Crippen molar-refractivity contribution in [3.05, 3.63) is 47.0 Å². The third-order valence-corrected chi connectivity index (χ3v) is 7.35. The maximum absolute atomic E-state index is 12.5. The number of allylic oxidation sites excluding steroid dienone is 2. The van der Waals surface area contributed by atoms with Gasteiger partial charge in [0.05, 0.1) is 6.10 Å². The predicted molar refractivity (Wildman–Crippen MR) is 134 cm³/mol. The van der Waals surface area contributed by atoms with Gasteiger partial charge in [0, 0.05) is 19.4 Å². The molecule has 1 amide bonds. The Kier molecular flexibility index (Phi) is 10.7. The van der Waals surface area contributed by atoms with Gasteiger partial charge in [0.1, 0.15) is 0 Å². The molecule has 2 aliphatic carbocycles. The Hall–Kier alpha value is -1.94. The van der Waals surface area contributed by atoms with E-state index in [2.05, 4.69) is 24.4 Å². The van der Waals surface area contributed by atoms with Crippen molar-refractivity contribution in [3.8, 4) is 0 Å². The van der Waals surface area contributed by atoms with Crippen LogP contribution in [0.25, 0.3) is 0 Å². The molecular weight excluding hydrogens is 410 g/mol. The number of Topliss-reactive ketones (excluding diaryl/α,β-unsaturated/α-hetero) is 1. The van der Waals surface area contributed by atoms with Gasteiger partial charge in [0.15, 0.2) is 5.78 Å². The van der Waals surface area contributed by atoms with Gasteiger partial charge in [-0.25, -0.2) is 0 Å². The molecule has 0 radical (unpaired) electrons. The van der Waals surface area contributed by atoms with Crippen molar-refractivity contribution in [2.45, 2.75) is 103 Å². The van der Waals surface area contributed by atoms with E-state index >= 15 is 0 Å². The first-order chi connectivity index (χ1) is 16.0. The van der Waals surface area contributed by atoms with Crippen molar-refractivity contribution < 1.29 is 14.7 Å². The van der Waals surface area contributed by atoms with Crippen LogP contribution in [-0.4, -0.2) is 29.4 Å². The van der Waals surface area contributed by atoms with E-state index < -0.39 is 0 Å². The van der Waals surface area contributed by atoms with E-state index in [4.69, 9.17) is 0 Å². The number of amides is 1. The van der Waals surface area contributed by atoms with Gasteiger partial charge in [-0.3, -0.25) is 9.59 Å². The lowest BCUT2D eigenvalue weighted by Gasteiger charge is -2.18. The summed E-state index contributed by atoms with van der Waals surface area (Å²) in [4.78, 5) is 24.3. The average Bonchev–Trinajstić information content (AvgIpc) is 3.59. The van der Waals surface area contributed by atoms with Crippen molar-refractivity contribution >= 4 is 11.7 Å². The van der Waals surface area contributed by atoms with Gasteiger partial charge in [-0.05, 0) is 87.2 Å². The lowest BCUT2D eigenvalue weighted by atomic mass is 9.89. The minimum Gasteiger partial charge on any atom is -0.393 e. The van der Waals surface area contributed by atoms with Crippen molar-refractivity contribution in [2.75, 3.05) is 6.54 Å². The first kappa shape index (κ1) is 25.7. The molecular formula is C29H43NO3. The summed E-state index contributed by atoms with van der Waals surface area (Å²) in [5, 5.41) is 13.5. The molecule has 2 atom stereocenters. The number of nitrogens with one attached hydrogen (secondary N) is 1. The third kappa shape index (κ3) is 9.44. The molecule has 4 nitrogen and oxygen atoms in total. The topological polar surface area (TPSA) is 66.4 Å². The number of carbonyl (C=O) groups excluding carboxylic acids is 2. The molecule has 1 aromatic carbocycles. The zero-order valence-electron chi connectivity index (χ0n) is 20.5. The molecule has 1 aromatic rings. The van der Waals surface area contributed by atoms with Crippen LogP contribution in [0.1, 0.15) is 96.0 Å². The predicted octanol–water partition coefficient (Wildman–Crippen LogP) is 5.92. The Morgan fingerprint density at radius 1 is 1.00 bits per heavy atom. The highest BCUT2D eigenvalue weighted by atomic mass is 16.3. The van der Waals surface area contributed by atoms with Gasteiger partial charge in [-0.15, -0.1) is 0 Å². The molecule has 0 bridgehead atoms. The van der Waals surface area contributed by atoms with Crippen LogP contribution in [0.5, 0.6) is 0 Å². The molecule has 33 heavy (non-hydrogen) atoms. The summed E-state index contributed by atoms with van der Waals surface area (Å²) in [6, 6.07) is 10.3. The van der Waals surface area contributed by atoms with E-state index in [-0.39, 0.29) is 12.0 Å². The fourth-order valence-corrected chi connectivity index (χ4v) is 4.92. The number of hydrogen-bond donors (Lipinski definition) is 2. The SMILES string of the molecule is C[C@@H](CC[C@@H](O)CCc1ccccc1)C1=C(CCCCCCC(=O)NCC2CC2)C(=O)CC1. The molecule has 0 aromatic heterocycles. The lowest BCUT2D eigenvalue weighted by molar-refractivity contribution is -0.121. The van der Waals surface area contributed by atoms with Gasteiger partial charge in [0.25, 0.3) is 0 Å². The first-order valence-electron chi connectivity index (χ1n) is 13.3. The van der Waals surface area contributed by atoms with E-state index in [1.807, 2.05) is 18.2 Å². The number of ketones is 1. The van der Waals surface area contributed by atoms with Crippen LogP contribution in [0.15, 0.2) is 41.5 Å². The molecule has 0 unspecified atom stereocenters. The minimum atomic E-state index is -0.282. The summed E-state index contributed by atoms with van der Waals surface area (Å²) >= 11 is 0. The fraction of sp³-hybridized carbons (Fsp3) is 0.655. The fourth-order valence-electron chi connectivity index (χ4n) is 4.92. The van der Waals surface area contributed by atoms with Crippen molar-refractivity contribution in [2.24, 2.45) is 11.8 Å². The average molecular weight is 454 g/mol. The van der Waals surface area contributed by atoms with E-state index in [1.165, 1.54) is 24.0 Å². The van der Waals surface area contributed by atoms with E-state index in [1.54, 1.807) is 0 Å². The highest BCUT2D eigenvalue weighted by molar-refractivity contribution is 5.98. The number of rotatable bonds is 16. The number of benzene rings is 1. The smallest absolute Gasteiger partial charge is 0.220 e. The van der Waals surface area contributed by atoms with Crippen LogP contribution in [-0.2, 0) is 16.0 Å². The minimum absolute atomic E-state index is 0.192. The van der Waals surface area contributed by atoms with Gasteiger partial charge in [0.2, 0.25) is 5.91 Å².